The van der Waals surface area contributed by atoms with E-state index in [1.165, 1.54) is 5.56 Å². The molecule has 0 aromatic heterocycles. The van der Waals surface area contributed by atoms with Gasteiger partial charge in [0.2, 0.25) is 6.04 Å². The van der Waals surface area contributed by atoms with Crippen LogP contribution in [-0.2, 0) is 11.3 Å². The normalized spacial score (nSPS) is 12.9. The van der Waals surface area contributed by atoms with Gasteiger partial charge < -0.3 is 38.9 Å². The summed E-state index contributed by atoms with van der Waals surface area (Å²) in [5, 5.41) is 9.47. The first kappa shape index (κ1) is 22.5. The predicted octanol–water partition coefficient (Wildman–Crippen LogP) is -4.27. The van der Waals surface area contributed by atoms with Crippen molar-refractivity contribution in [2.75, 3.05) is 42.3 Å². The summed E-state index contributed by atoms with van der Waals surface area (Å²) in [5.41, 5.74) is 2.04. The third kappa shape index (κ3) is 7.14. The van der Waals surface area contributed by atoms with E-state index in [0.717, 1.165) is 16.6 Å². The fraction of sp³-hybridized carbons (Fsp3) is 0.533. The van der Waals surface area contributed by atoms with Crippen molar-refractivity contribution in [2.24, 2.45) is 0 Å². The fourth-order valence-electron chi connectivity index (χ4n) is 2.33. The first-order chi connectivity index (χ1) is 8.50. The number of carbonyl (C=O) groups is 1. The van der Waals surface area contributed by atoms with Gasteiger partial charge in [0.1, 0.15) is 6.54 Å². The third-order valence-corrected chi connectivity index (χ3v) is 2.93. The molecule has 6 heteroatoms. The van der Waals surface area contributed by atoms with Crippen molar-refractivity contribution in [3.8, 4) is 0 Å². The number of likely N-dealkylation sites (N-methyl/N-ethyl adjacent to an activating group) is 1. The molecule has 4 nitrogen and oxygen atoms in total. The SMILES string of the molecule is C[N+](C)(C)Cc1cccc(C(C(=O)O)[N+](C)(C)C)c1.[Cl-].[Cl-]. The summed E-state index contributed by atoms with van der Waals surface area (Å²) in [6.07, 6.45) is 0. The Morgan fingerprint density at radius 1 is 1.10 bits per heavy atom. The molecule has 122 valence electrons. The number of benzene rings is 1. The van der Waals surface area contributed by atoms with Crippen LogP contribution in [0.4, 0.5) is 0 Å². The molecule has 0 saturated heterocycles. The molecule has 21 heavy (non-hydrogen) atoms. The predicted molar refractivity (Wildman–Crippen MR) is 76.6 cm³/mol. The summed E-state index contributed by atoms with van der Waals surface area (Å²) in [5.74, 6) is -0.783. The Morgan fingerprint density at radius 2 is 1.62 bits per heavy atom. The van der Waals surface area contributed by atoms with Gasteiger partial charge in [-0.15, -0.1) is 0 Å². The van der Waals surface area contributed by atoms with Crippen molar-refractivity contribution >= 4 is 5.97 Å². The maximum Gasteiger partial charge on any atom is 0.367 e. The molecule has 0 radical (unpaired) electrons. The minimum Gasteiger partial charge on any atom is -1.00 e. The van der Waals surface area contributed by atoms with E-state index in [2.05, 4.69) is 27.2 Å². The Labute approximate surface area is 140 Å². The van der Waals surface area contributed by atoms with Gasteiger partial charge >= 0.3 is 5.97 Å². The second kappa shape index (κ2) is 7.99. The highest BCUT2D eigenvalue weighted by atomic mass is 35.5. The molecule has 1 N–H and O–H groups in total. The lowest BCUT2D eigenvalue weighted by atomic mass is 10.0. The van der Waals surface area contributed by atoms with E-state index in [9.17, 15) is 9.90 Å². The number of rotatable bonds is 5. The van der Waals surface area contributed by atoms with Gasteiger partial charge in [0.25, 0.3) is 0 Å². The van der Waals surface area contributed by atoms with E-state index in [-0.39, 0.29) is 24.8 Å². The Balaban J connectivity index is 0. The van der Waals surface area contributed by atoms with E-state index in [4.69, 9.17) is 0 Å². The van der Waals surface area contributed by atoms with E-state index >= 15 is 0 Å². The van der Waals surface area contributed by atoms with Gasteiger partial charge in [-0.2, -0.15) is 0 Å². The van der Waals surface area contributed by atoms with Gasteiger partial charge in [0.15, 0.2) is 0 Å². The van der Waals surface area contributed by atoms with Crippen LogP contribution in [0.2, 0.25) is 0 Å². The number of carboxylic acid groups (broad SMARTS) is 1. The average Bonchev–Trinajstić information content (AvgIpc) is 2.11. The third-order valence-electron chi connectivity index (χ3n) is 2.93. The van der Waals surface area contributed by atoms with Crippen molar-refractivity contribution in [2.45, 2.75) is 12.6 Å². The summed E-state index contributed by atoms with van der Waals surface area (Å²) in [4.78, 5) is 11.5. The van der Waals surface area contributed by atoms with Gasteiger partial charge in [-0.1, -0.05) is 18.2 Å². The number of aliphatic carboxylic acids is 1. The molecular formula is C15H26Cl2N2O2. The summed E-state index contributed by atoms with van der Waals surface area (Å²) in [6.45, 7) is 0.886. The lowest BCUT2D eigenvalue weighted by Gasteiger charge is -2.31. The van der Waals surface area contributed by atoms with Crippen LogP contribution in [0.3, 0.4) is 0 Å². The van der Waals surface area contributed by atoms with E-state index in [1.807, 2.05) is 39.3 Å². The monoisotopic (exact) mass is 336 g/mol. The first-order valence-corrected chi connectivity index (χ1v) is 6.44. The Hall–Kier alpha value is -0.810. The topological polar surface area (TPSA) is 37.3 Å². The highest BCUT2D eigenvalue weighted by molar-refractivity contribution is 5.74. The molecule has 1 unspecified atom stereocenters. The number of halogens is 2. The Kier molecular flexibility index (Phi) is 8.55. The van der Waals surface area contributed by atoms with Crippen LogP contribution in [0.15, 0.2) is 24.3 Å². The van der Waals surface area contributed by atoms with Crippen LogP contribution in [-0.4, -0.2) is 62.3 Å². The Morgan fingerprint density at radius 3 is 2.00 bits per heavy atom. The van der Waals surface area contributed by atoms with Crippen LogP contribution in [0.5, 0.6) is 0 Å². The largest absolute Gasteiger partial charge is 1.00 e. The number of hydrogen-bond acceptors (Lipinski definition) is 1. The van der Waals surface area contributed by atoms with Crippen molar-refractivity contribution in [3.05, 3.63) is 35.4 Å². The van der Waals surface area contributed by atoms with E-state index in [1.54, 1.807) is 0 Å². The quantitative estimate of drug-likeness (QED) is 0.553. The summed E-state index contributed by atoms with van der Waals surface area (Å²) >= 11 is 0. The zero-order valence-corrected chi connectivity index (χ0v) is 15.1. The number of nitrogens with zero attached hydrogens (tertiary/aromatic N) is 2. The molecule has 0 saturated carbocycles. The molecule has 0 aliphatic carbocycles. The molecule has 0 fully saturated rings. The second-order valence-electron chi connectivity index (χ2n) is 7.05. The van der Waals surface area contributed by atoms with Crippen molar-refractivity contribution in [1.82, 2.24) is 0 Å². The maximum atomic E-state index is 11.5. The minimum absolute atomic E-state index is 0. The fourth-order valence-corrected chi connectivity index (χ4v) is 2.33. The van der Waals surface area contributed by atoms with Crippen LogP contribution >= 0.6 is 0 Å². The smallest absolute Gasteiger partial charge is 0.367 e. The highest BCUT2D eigenvalue weighted by Crippen LogP contribution is 2.25. The number of carboxylic acids is 1. The minimum atomic E-state index is -0.783. The molecule has 0 spiro atoms. The first-order valence-electron chi connectivity index (χ1n) is 6.44. The molecule has 0 bridgehead atoms. The maximum absolute atomic E-state index is 11.5. The molecule has 0 aliphatic heterocycles. The summed E-state index contributed by atoms with van der Waals surface area (Å²) in [6, 6.07) is 7.40. The van der Waals surface area contributed by atoms with E-state index in [0.29, 0.717) is 4.48 Å². The molecule has 0 heterocycles. The highest BCUT2D eigenvalue weighted by Gasteiger charge is 2.33. The Bertz CT molecular complexity index is 465. The van der Waals surface area contributed by atoms with Crippen LogP contribution in [0.1, 0.15) is 17.2 Å². The molecule has 1 rings (SSSR count). The van der Waals surface area contributed by atoms with Gasteiger partial charge in [0, 0.05) is 11.1 Å². The lowest BCUT2D eigenvalue weighted by Crippen LogP contribution is -3.00. The van der Waals surface area contributed by atoms with Gasteiger partial charge in [0.05, 0.1) is 42.3 Å². The molecule has 1 aromatic carbocycles. The molecular weight excluding hydrogens is 311 g/mol. The standard InChI is InChI=1S/C15H25N2O2.2ClH/c1-16(2,3)11-12-8-7-9-13(10-12)14(15(18)19)17(4,5)6;;/h7-10,14H,11H2,1-6H3;2*1H/q+1;;/p-1. The van der Waals surface area contributed by atoms with E-state index < -0.39 is 12.0 Å². The van der Waals surface area contributed by atoms with Crippen molar-refractivity contribution < 1.29 is 43.7 Å². The molecule has 1 aromatic rings. The van der Waals surface area contributed by atoms with Crippen LogP contribution < -0.4 is 24.8 Å². The summed E-state index contributed by atoms with van der Waals surface area (Å²) in [7, 11) is 12.1. The zero-order chi connectivity index (χ0) is 14.8. The van der Waals surface area contributed by atoms with Crippen LogP contribution in [0, 0.1) is 0 Å². The van der Waals surface area contributed by atoms with Crippen LogP contribution in [0.25, 0.3) is 0 Å². The van der Waals surface area contributed by atoms with Gasteiger partial charge in [-0.3, -0.25) is 0 Å². The molecule has 1 atom stereocenters. The van der Waals surface area contributed by atoms with Crippen molar-refractivity contribution in [3.63, 3.8) is 0 Å². The molecule has 0 aliphatic rings. The number of hydrogen-bond donors (Lipinski definition) is 1. The lowest BCUT2D eigenvalue weighted by molar-refractivity contribution is -0.893. The van der Waals surface area contributed by atoms with Gasteiger partial charge in [-0.25, -0.2) is 4.79 Å². The summed E-state index contributed by atoms with van der Waals surface area (Å²) < 4.78 is 1.20. The number of quaternary nitrogens is 2. The average molecular weight is 337 g/mol. The second-order valence-corrected chi connectivity index (χ2v) is 7.05. The zero-order valence-electron chi connectivity index (χ0n) is 13.6. The molecule has 0 amide bonds. The van der Waals surface area contributed by atoms with Crippen molar-refractivity contribution in [1.29, 1.82) is 0 Å². The van der Waals surface area contributed by atoms with Gasteiger partial charge in [-0.05, 0) is 6.07 Å².